The maximum Gasteiger partial charge on any atom is 0.226 e. The molecule has 1 aliphatic heterocycles. The Morgan fingerprint density at radius 3 is 2.39 bits per heavy atom. The van der Waals surface area contributed by atoms with Crippen molar-refractivity contribution in [2.45, 2.75) is 24.3 Å². The predicted molar refractivity (Wildman–Crippen MR) is 116 cm³/mol. The summed E-state index contributed by atoms with van der Waals surface area (Å²) in [6.45, 7) is 1.40. The molecule has 1 aliphatic carbocycles. The summed E-state index contributed by atoms with van der Waals surface area (Å²) in [7, 11) is 0. The molecule has 2 aliphatic rings. The van der Waals surface area contributed by atoms with E-state index in [1.54, 1.807) is 0 Å². The first kappa shape index (κ1) is 19.0. The zero-order chi connectivity index (χ0) is 18.4. The number of nitrogens with zero attached hydrogens (tertiary/aromatic N) is 1. The molecule has 3 aromatic rings. The van der Waals surface area contributed by atoms with Crippen molar-refractivity contribution in [3.63, 3.8) is 0 Å². The lowest BCUT2D eigenvalue weighted by Crippen LogP contribution is -2.33. The van der Waals surface area contributed by atoms with Crippen LogP contribution >= 0.6 is 12.4 Å². The normalized spacial score (nSPS) is 26.1. The number of nitrogens with two attached hydrogens (primary N) is 1. The molecule has 0 bridgehead atoms. The summed E-state index contributed by atoms with van der Waals surface area (Å²) >= 11 is 0. The molecule has 1 amide bonds. The second kappa shape index (κ2) is 7.57. The number of amides is 1. The largest absolute Gasteiger partial charge is 0.340 e. The van der Waals surface area contributed by atoms with E-state index in [1.165, 1.54) is 21.9 Å². The average Bonchev–Trinajstić information content (AvgIpc) is 3.42. The third-order valence-electron chi connectivity index (χ3n) is 6.23. The Labute approximate surface area is 171 Å². The first-order chi connectivity index (χ1) is 13.2. The van der Waals surface area contributed by atoms with Crippen LogP contribution in [0.3, 0.4) is 0 Å². The molecule has 1 saturated heterocycles. The molecule has 1 saturated carbocycles. The molecule has 2 N–H and O–H groups in total. The summed E-state index contributed by atoms with van der Waals surface area (Å²) in [5.74, 6) is 0.972. The van der Waals surface area contributed by atoms with Crippen molar-refractivity contribution in [1.29, 1.82) is 0 Å². The van der Waals surface area contributed by atoms with E-state index >= 15 is 0 Å². The van der Waals surface area contributed by atoms with E-state index in [-0.39, 0.29) is 36.2 Å². The molecule has 28 heavy (non-hydrogen) atoms. The van der Waals surface area contributed by atoms with Gasteiger partial charge in [0.2, 0.25) is 5.91 Å². The molecular weight excluding hydrogens is 368 g/mol. The first-order valence-corrected chi connectivity index (χ1v) is 9.79. The number of halogens is 1. The molecule has 0 spiro atoms. The molecule has 144 valence electrons. The highest BCUT2D eigenvalue weighted by Gasteiger charge is 2.48. The minimum absolute atomic E-state index is 0. The van der Waals surface area contributed by atoms with Crippen LogP contribution in [0.15, 0.2) is 72.8 Å². The van der Waals surface area contributed by atoms with E-state index in [9.17, 15) is 4.79 Å². The molecule has 3 nitrogen and oxygen atoms in total. The van der Waals surface area contributed by atoms with Crippen molar-refractivity contribution < 1.29 is 4.79 Å². The quantitative estimate of drug-likeness (QED) is 0.721. The summed E-state index contributed by atoms with van der Waals surface area (Å²) in [6.07, 6.45) is 0.953. The van der Waals surface area contributed by atoms with Gasteiger partial charge in [-0.2, -0.15) is 0 Å². The van der Waals surface area contributed by atoms with Gasteiger partial charge in [0, 0.05) is 31.0 Å². The summed E-state index contributed by atoms with van der Waals surface area (Å²) in [6, 6.07) is 25.3. The molecule has 0 radical (unpaired) electrons. The number of rotatable bonds is 3. The minimum Gasteiger partial charge on any atom is -0.340 e. The van der Waals surface area contributed by atoms with Crippen LogP contribution in [0.4, 0.5) is 0 Å². The fourth-order valence-corrected chi connectivity index (χ4v) is 4.68. The number of fused-ring (bicyclic) bond motifs is 1. The van der Waals surface area contributed by atoms with Gasteiger partial charge >= 0.3 is 0 Å². The van der Waals surface area contributed by atoms with Crippen LogP contribution in [0, 0.1) is 5.92 Å². The van der Waals surface area contributed by atoms with E-state index in [4.69, 9.17) is 5.73 Å². The zero-order valence-corrected chi connectivity index (χ0v) is 16.5. The molecule has 2 unspecified atom stereocenters. The number of likely N-dealkylation sites (tertiary alicyclic amines) is 1. The molecule has 0 aromatic heterocycles. The van der Waals surface area contributed by atoms with Gasteiger partial charge in [-0.15, -0.1) is 12.4 Å². The SMILES string of the molecule is Cl.N[C@@H]1CN(C(=O)C2CC2c2cccc3ccccc23)C[C@H]1c1ccccc1. The fourth-order valence-electron chi connectivity index (χ4n) is 4.68. The average molecular weight is 393 g/mol. The lowest BCUT2D eigenvalue weighted by atomic mass is 9.95. The van der Waals surface area contributed by atoms with E-state index in [0.29, 0.717) is 12.5 Å². The van der Waals surface area contributed by atoms with E-state index in [0.717, 1.165) is 13.0 Å². The van der Waals surface area contributed by atoms with Gasteiger partial charge in [0.15, 0.2) is 0 Å². The van der Waals surface area contributed by atoms with Gasteiger partial charge in [0.25, 0.3) is 0 Å². The monoisotopic (exact) mass is 392 g/mol. The van der Waals surface area contributed by atoms with Crippen LogP contribution in [0.1, 0.15) is 29.4 Å². The smallest absolute Gasteiger partial charge is 0.226 e. The highest BCUT2D eigenvalue weighted by atomic mass is 35.5. The molecule has 1 heterocycles. The maximum atomic E-state index is 13.1. The van der Waals surface area contributed by atoms with Crippen molar-refractivity contribution in [3.8, 4) is 0 Å². The van der Waals surface area contributed by atoms with Crippen LogP contribution in [-0.4, -0.2) is 29.9 Å². The van der Waals surface area contributed by atoms with Gasteiger partial charge in [-0.3, -0.25) is 4.79 Å². The summed E-state index contributed by atoms with van der Waals surface area (Å²) in [4.78, 5) is 15.1. The Morgan fingerprint density at radius 1 is 0.857 bits per heavy atom. The van der Waals surface area contributed by atoms with Gasteiger partial charge in [-0.05, 0) is 34.2 Å². The Bertz CT molecular complexity index is 985. The summed E-state index contributed by atoms with van der Waals surface area (Å²) < 4.78 is 0. The highest BCUT2D eigenvalue weighted by Crippen LogP contribution is 2.50. The third-order valence-corrected chi connectivity index (χ3v) is 6.23. The van der Waals surface area contributed by atoms with Crippen LogP contribution < -0.4 is 5.73 Å². The lowest BCUT2D eigenvalue weighted by Gasteiger charge is -2.17. The number of hydrogen-bond acceptors (Lipinski definition) is 2. The van der Waals surface area contributed by atoms with Crippen LogP contribution in [0.2, 0.25) is 0 Å². The third kappa shape index (κ3) is 3.30. The van der Waals surface area contributed by atoms with E-state index < -0.39 is 0 Å². The predicted octanol–water partition coefficient (Wildman–Crippen LogP) is 4.32. The number of benzene rings is 3. The van der Waals surface area contributed by atoms with Crippen molar-refractivity contribution in [1.82, 2.24) is 4.90 Å². The Kier molecular flexibility index (Phi) is 5.13. The number of carbonyl (C=O) groups is 1. The number of hydrogen-bond donors (Lipinski definition) is 1. The van der Waals surface area contributed by atoms with Gasteiger partial charge in [0.05, 0.1) is 0 Å². The van der Waals surface area contributed by atoms with Crippen molar-refractivity contribution in [2.75, 3.05) is 13.1 Å². The zero-order valence-electron chi connectivity index (χ0n) is 15.7. The molecule has 5 rings (SSSR count). The molecule has 3 aromatic carbocycles. The lowest BCUT2D eigenvalue weighted by molar-refractivity contribution is -0.131. The Morgan fingerprint density at radius 2 is 1.57 bits per heavy atom. The second-order valence-corrected chi connectivity index (χ2v) is 7.94. The highest BCUT2D eigenvalue weighted by molar-refractivity contribution is 5.89. The van der Waals surface area contributed by atoms with Gasteiger partial charge < -0.3 is 10.6 Å². The molecule has 4 atom stereocenters. The van der Waals surface area contributed by atoms with E-state index in [1.807, 2.05) is 23.1 Å². The van der Waals surface area contributed by atoms with Crippen LogP contribution in [0.5, 0.6) is 0 Å². The maximum absolute atomic E-state index is 13.1. The first-order valence-electron chi connectivity index (χ1n) is 9.79. The van der Waals surface area contributed by atoms with Gasteiger partial charge in [-0.25, -0.2) is 0 Å². The van der Waals surface area contributed by atoms with E-state index in [2.05, 4.69) is 54.6 Å². The molecular formula is C24H25ClN2O. The topological polar surface area (TPSA) is 46.3 Å². The van der Waals surface area contributed by atoms with Crippen LogP contribution in [0.25, 0.3) is 10.8 Å². The van der Waals surface area contributed by atoms with Gasteiger partial charge in [0.1, 0.15) is 0 Å². The number of carbonyl (C=O) groups excluding carboxylic acids is 1. The fraction of sp³-hybridized carbons (Fsp3) is 0.292. The minimum atomic E-state index is 0. The molecule has 2 fully saturated rings. The van der Waals surface area contributed by atoms with Gasteiger partial charge in [-0.1, -0.05) is 72.8 Å². The van der Waals surface area contributed by atoms with Crippen molar-refractivity contribution in [3.05, 3.63) is 83.9 Å². The van der Waals surface area contributed by atoms with Crippen molar-refractivity contribution >= 4 is 29.1 Å². The summed E-state index contributed by atoms with van der Waals surface area (Å²) in [5, 5.41) is 2.53. The van der Waals surface area contributed by atoms with Crippen molar-refractivity contribution in [2.24, 2.45) is 11.7 Å². The van der Waals surface area contributed by atoms with Crippen LogP contribution in [-0.2, 0) is 4.79 Å². The molecule has 4 heteroatoms. The summed E-state index contributed by atoms with van der Waals surface area (Å²) in [5.41, 5.74) is 8.94. The standard InChI is InChI=1S/C24H24N2O.ClH/c25-23-15-26(14-22(23)17-7-2-1-3-8-17)24(27)21-13-20(21)19-12-6-10-16-9-4-5-11-18(16)19;/h1-12,20-23H,13-15,25H2;1H/t20?,21?,22-,23+;/m0./s1. The second-order valence-electron chi connectivity index (χ2n) is 7.94. The Balaban J connectivity index is 0.00000192. The Hall–Kier alpha value is -2.36.